The van der Waals surface area contributed by atoms with Gasteiger partial charge in [0.05, 0.1) is 5.69 Å². The van der Waals surface area contributed by atoms with Crippen LogP contribution in [-0.2, 0) is 12.8 Å². The Balaban J connectivity index is 2.11. The zero-order chi connectivity index (χ0) is 12.3. The van der Waals surface area contributed by atoms with Crippen LogP contribution in [0.2, 0.25) is 0 Å². The van der Waals surface area contributed by atoms with E-state index in [0.717, 1.165) is 23.0 Å². The maximum atomic E-state index is 11.9. The van der Waals surface area contributed by atoms with Crippen molar-refractivity contribution in [2.45, 2.75) is 26.7 Å². The Morgan fingerprint density at radius 3 is 2.71 bits per heavy atom. The van der Waals surface area contributed by atoms with E-state index in [-0.39, 0.29) is 5.91 Å². The van der Waals surface area contributed by atoms with Gasteiger partial charge in [0.1, 0.15) is 9.88 Å². The van der Waals surface area contributed by atoms with Gasteiger partial charge in [-0.15, -0.1) is 15.3 Å². The van der Waals surface area contributed by atoms with Gasteiger partial charge in [-0.1, -0.05) is 29.7 Å². The van der Waals surface area contributed by atoms with Gasteiger partial charge in [-0.2, -0.15) is 0 Å². The molecular weight excluding hydrogens is 258 g/mol. The van der Waals surface area contributed by atoms with E-state index in [4.69, 9.17) is 0 Å². The molecule has 2 rings (SSSR count). The lowest BCUT2D eigenvalue weighted by Crippen LogP contribution is -2.12. The van der Waals surface area contributed by atoms with Crippen molar-refractivity contribution in [2.75, 3.05) is 5.32 Å². The van der Waals surface area contributed by atoms with Crippen LogP contribution < -0.4 is 5.32 Å². The monoisotopic (exact) mass is 269 g/mol. The Morgan fingerprint density at radius 1 is 1.24 bits per heavy atom. The quantitative estimate of drug-likeness (QED) is 0.914. The topological polar surface area (TPSA) is 80.7 Å². The molecule has 0 spiro atoms. The Bertz CT molecular complexity index is 521. The van der Waals surface area contributed by atoms with Crippen LogP contribution in [0.4, 0.5) is 5.13 Å². The van der Waals surface area contributed by atoms with Crippen molar-refractivity contribution in [3.63, 3.8) is 0 Å². The molecule has 1 N–H and O–H groups in total. The largest absolute Gasteiger partial charge is 0.296 e. The van der Waals surface area contributed by atoms with Crippen molar-refractivity contribution in [1.29, 1.82) is 0 Å². The molecule has 0 aliphatic rings. The number of anilines is 1. The first-order chi connectivity index (χ1) is 8.24. The SMILES string of the molecule is CCc1nnc(NC(=O)c2snnc2CC)s1. The van der Waals surface area contributed by atoms with Crippen LogP contribution in [0.25, 0.3) is 0 Å². The second kappa shape index (κ2) is 5.28. The van der Waals surface area contributed by atoms with Crippen molar-refractivity contribution in [3.8, 4) is 0 Å². The zero-order valence-electron chi connectivity index (χ0n) is 9.43. The highest BCUT2D eigenvalue weighted by Crippen LogP contribution is 2.18. The number of amides is 1. The van der Waals surface area contributed by atoms with Crippen LogP contribution in [0.3, 0.4) is 0 Å². The van der Waals surface area contributed by atoms with E-state index in [0.29, 0.717) is 22.1 Å². The number of carbonyl (C=O) groups excluding carboxylic acids is 1. The fraction of sp³-hybridized carbons (Fsp3) is 0.444. The number of aromatic nitrogens is 4. The molecule has 0 aliphatic heterocycles. The van der Waals surface area contributed by atoms with E-state index >= 15 is 0 Å². The van der Waals surface area contributed by atoms with Gasteiger partial charge in [-0.25, -0.2) is 0 Å². The first kappa shape index (κ1) is 12.1. The molecule has 0 aliphatic carbocycles. The summed E-state index contributed by atoms with van der Waals surface area (Å²) in [6.45, 7) is 3.93. The molecule has 0 saturated heterocycles. The second-order valence-corrected chi connectivity index (χ2v) is 5.03. The predicted molar refractivity (Wildman–Crippen MR) is 66.5 cm³/mol. The maximum Gasteiger partial charge on any atom is 0.271 e. The minimum absolute atomic E-state index is 0.212. The number of rotatable bonds is 4. The van der Waals surface area contributed by atoms with Gasteiger partial charge in [0.15, 0.2) is 0 Å². The highest BCUT2D eigenvalue weighted by atomic mass is 32.1. The summed E-state index contributed by atoms with van der Waals surface area (Å²) >= 11 is 2.48. The van der Waals surface area contributed by atoms with Gasteiger partial charge < -0.3 is 0 Å². The average Bonchev–Trinajstić information content (AvgIpc) is 2.96. The number of hydrogen-bond acceptors (Lipinski definition) is 7. The fourth-order valence-electron chi connectivity index (χ4n) is 1.21. The normalized spacial score (nSPS) is 10.5. The first-order valence-corrected chi connectivity index (χ1v) is 6.78. The molecule has 0 fully saturated rings. The van der Waals surface area contributed by atoms with Crippen LogP contribution in [0, 0.1) is 0 Å². The van der Waals surface area contributed by atoms with Crippen molar-refractivity contribution in [1.82, 2.24) is 19.8 Å². The molecule has 1 amide bonds. The first-order valence-electron chi connectivity index (χ1n) is 5.19. The van der Waals surface area contributed by atoms with Gasteiger partial charge in [-0.3, -0.25) is 10.1 Å². The molecule has 0 saturated carbocycles. The average molecular weight is 269 g/mol. The highest BCUT2D eigenvalue weighted by Gasteiger charge is 2.16. The van der Waals surface area contributed by atoms with Crippen LogP contribution in [0.1, 0.15) is 34.2 Å². The third-order valence-electron chi connectivity index (χ3n) is 2.09. The third kappa shape index (κ3) is 2.64. The van der Waals surface area contributed by atoms with Crippen LogP contribution >= 0.6 is 22.9 Å². The molecule has 90 valence electrons. The van der Waals surface area contributed by atoms with Crippen LogP contribution in [0.15, 0.2) is 0 Å². The lowest BCUT2D eigenvalue weighted by molar-refractivity contribution is 0.102. The fourth-order valence-corrected chi connectivity index (χ4v) is 2.53. The van der Waals surface area contributed by atoms with E-state index < -0.39 is 0 Å². The molecular formula is C9H11N5OS2. The molecule has 2 heterocycles. The molecule has 0 bridgehead atoms. The number of carbonyl (C=O) groups is 1. The Labute approximate surface area is 106 Å². The van der Waals surface area contributed by atoms with Gasteiger partial charge in [0.25, 0.3) is 5.91 Å². The summed E-state index contributed by atoms with van der Waals surface area (Å²) in [4.78, 5) is 12.5. The lowest BCUT2D eigenvalue weighted by atomic mass is 10.3. The minimum atomic E-state index is -0.212. The summed E-state index contributed by atoms with van der Waals surface area (Å²) in [7, 11) is 0. The van der Waals surface area contributed by atoms with E-state index in [1.807, 2.05) is 13.8 Å². The minimum Gasteiger partial charge on any atom is -0.296 e. The number of aryl methyl sites for hydroxylation is 2. The standard InChI is InChI=1S/C9H11N5OS2/c1-3-5-7(17-14-11-5)8(15)10-9-13-12-6(4-2)16-9/h3-4H2,1-2H3,(H,10,13,15). The van der Waals surface area contributed by atoms with Crippen molar-refractivity contribution < 1.29 is 4.79 Å². The summed E-state index contributed by atoms with van der Waals surface area (Å²) in [5.74, 6) is -0.212. The molecule has 17 heavy (non-hydrogen) atoms. The van der Waals surface area contributed by atoms with Crippen LogP contribution in [-0.4, -0.2) is 25.7 Å². The second-order valence-electron chi connectivity index (χ2n) is 3.21. The highest BCUT2D eigenvalue weighted by molar-refractivity contribution is 7.15. The lowest BCUT2D eigenvalue weighted by Gasteiger charge is -1.98. The molecule has 2 aromatic heterocycles. The van der Waals surface area contributed by atoms with Gasteiger partial charge >= 0.3 is 0 Å². The summed E-state index contributed by atoms with van der Waals surface area (Å²) < 4.78 is 3.78. The van der Waals surface area contributed by atoms with E-state index in [2.05, 4.69) is 25.1 Å². The number of hydrogen-bond donors (Lipinski definition) is 1. The molecule has 0 aromatic carbocycles. The Kier molecular flexibility index (Phi) is 3.75. The molecule has 0 atom stereocenters. The summed E-state index contributed by atoms with van der Waals surface area (Å²) in [6.07, 6.45) is 1.51. The molecule has 6 nitrogen and oxygen atoms in total. The molecule has 0 unspecified atom stereocenters. The smallest absolute Gasteiger partial charge is 0.271 e. The molecule has 8 heteroatoms. The predicted octanol–water partition coefficient (Wildman–Crippen LogP) is 1.77. The Hall–Kier alpha value is -1.41. The maximum absolute atomic E-state index is 11.9. The van der Waals surface area contributed by atoms with E-state index in [1.54, 1.807) is 0 Å². The van der Waals surface area contributed by atoms with Crippen molar-refractivity contribution in [3.05, 3.63) is 15.6 Å². The zero-order valence-corrected chi connectivity index (χ0v) is 11.1. The van der Waals surface area contributed by atoms with Gasteiger partial charge in [0, 0.05) is 0 Å². The third-order valence-corrected chi connectivity index (χ3v) is 3.84. The van der Waals surface area contributed by atoms with Gasteiger partial charge in [0.2, 0.25) is 5.13 Å². The summed E-state index contributed by atoms with van der Waals surface area (Å²) in [5, 5.41) is 15.9. The van der Waals surface area contributed by atoms with Crippen molar-refractivity contribution in [2.24, 2.45) is 0 Å². The van der Waals surface area contributed by atoms with E-state index in [9.17, 15) is 4.79 Å². The van der Waals surface area contributed by atoms with E-state index in [1.165, 1.54) is 11.3 Å². The molecule has 2 aromatic rings. The number of nitrogens with one attached hydrogen (secondary N) is 1. The van der Waals surface area contributed by atoms with Gasteiger partial charge in [-0.05, 0) is 24.4 Å². The Morgan fingerprint density at radius 2 is 2.06 bits per heavy atom. The molecule has 0 radical (unpaired) electrons. The number of nitrogens with zero attached hydrogens (tertiary/aromatic N) is 4. The van der Waals surface area contributed by atoms with Crippen LogP contribution in [0.5, 0.6) is 0 Å². The van der Waals surface area contributed by atoms with Crippen molar-refractivity contribution >= 4 is 33.9 Å². The summed E-state index contributed by atoms with van der Waals surface area (Å²) in [6, 6.07) is 0. The summed E-state index contributed by atoms with van der Waals surface area (Å²) in [5.41, 5.74) is 0.715.